The predicted octanol–water partition coefficient (Wildman–Crippen LogP) is 0.705. The van der Waals surface area contributed by atoms with E-state index in [9.17, 15) is 8.42 Å². The Morgan fingerprint density at radius 3 is 2.59 bits per heavy atom. The van der Waals surface area contributed by atoms with Crippen LogP contribution in [0.2, 0.25) is 0 Å². The fourth-order valence-corrected chi connectivity index (χ4v) is 1.99. The second-order valence-corrected chi connectivity index (χ2v) is 4.50. The first-order chi connectivity index (χ1) is 8.08. The van der Waals surface area contributed by atoms with E-state index in [0.29, 0.717) is 23.7 Å². The van der Waals surface area contributed by atoms with Crippen LogP contribution in [-0.2, 0) is 10.7 Å². The Kier molecular flexibility index (Phi) is 5.24. The maximum absolute atomic E-state index is 10.6. The highest BCUT2D eigenvalue weighted by Crippen LogP contribution is 2.29. The highest BCUT2D eigenvalue weighted by atomic mass is 32.2. The molecule has 1 unspecified atom stereocenters. The van der Waals surface area contributed by atoms with Gasteiger partial charge in [0, 0.05) is 6.04 Å². The van der Waals surface area contributed by atoms with Crippen molar-refractivity contribution in [3.05, 3.63) is 23.8 Å². The molecule has 96 valence electrons. The highest BCUT2D eigenvalue weighted by Gasteiger charge is 2.11. The Labute approximate surface area is 102 Å². The van der Waals surface area contributed by atoms with Gasteiger partial charge in [-0.25, -0.2) is 8.42 Å². The van der Waals surface area contributed by atoms with Crippen molar-refractivity contribution >= 4 is 10.7 Å². The van der Waals surface area contributed by atoms with Gasteiger partial charge in [-0.1, -0.05) is 6.07 Å². The Morgan fingerprint density at radius 1 is 1.35 bits per heavy atom. The molecule has 0 aliphatic heterocycles. The van der Waals surface area contributed by atoms with E-state index in [-0.39, 0.29) is 5.75 Å². The Bertz CT molecular complexity index is 437. The molecule has 1 rings (SSSR count). The molecule has 2 N–H and O–H groups in total. The van der Waals surface area contributed by atoms with Crippen LogP contribution in [0.25, 0.3) is 0 Å². The smallest absolute Gasteiger partial charge is 0.161 e. The number of hydrogen-bond acceptors (Lipinski definition) is 5. The molecule has 0 aliphatic carbocycles. The van der Waals surface area contributed by atoms with E-state index >= 15 is 0 Å². The van der Waals surface area contributed by atoms with E-state index in [4.69, 9.17) is 15.2 Å². The van der Waals surface area contributed by atoms with Crippen LogP contribution in [0.3, 0.4) is 0 Å². The summed E-state index contributed by atoms with van der Waals surface area (Å²) in [5.74, 6) is 1.10. The molecule has 0 saturated carbocycles. The molecule has 0 spiro atoms. The van der Waals surface area contributed by atoms with Crippen molar-refractivity contribution in [1.82, 2.24) is 0 Å². The number of rotatable bonds is 6. The molecule has 0 amide bonds. The SMILES string of the molecule is CCOc1cc(C(N)[13CH2][SH](=O)=O)ccc1OC. The van der Waals surface area contributed by atoms with Gasteiger partial charge in [0.2, 0.25) is 0 Å². The maximum atomic E-state index is 10.6. The fourth-order valence-electron chi connectivity index (χ4n) is 1.46. The van der Waals surface area contributed by atoms with E-state index in [1.807, 2.05) is 6.92 Å². The van der Waals surface area contributed by atoms with Crippen molar-refractivity contribution in [2.24, 2.45) is 5.73 Å². The molecule has 1 aromatic carbocycles. The molecular weight excluding hydrogens is 243 g/mol. The van der Waals surface area contributed by atoms with Crippen LogP contribution >= 0.6 is 0 Å². The van der Waals surface area contributed by atoms with Gasteiger partial charge in [0.25, 0.3) is 0 Å². The Balaban J connectivity index is 2.98. The lowest BCUT2D eigenvalue weighted by molar-refractivity contribution is 0.310. The normalized spacial score (nSPS) is 12.5. The number of benzene rings is 1. The topological polar surface area (TPSA) is 78.6 Å². The Morgan fingerprint density at radius 2 is 2.06 bits per heavy atom. The highest BCUT2D eigenvalue weighted by molar-refractivity contribution is 7.72. The molecule has 1 atom stereocenters. The number of thiol groups is 1. The monoisotopic (exact) mass is 260 g/mol. The van der Waals surface area contributed by atoms with Gasteiger partial charge in [0.15, 0.2) is 11.5 Å². The van der Waals surface area contributed by atoms with Crippen LogP contribution in [0, 0.1) is 0 Å². The van der Waals surface area contributed by atoms with Crippen LogP contribution in [0.15, 0.2) is 18.2 Å². The zero-order valence-corrected chi connectivity index (χ0v) is 10.8. The van der Waals surface area contributed by atoms with Crippen molar-refractivity contribution in [1.29, 1.82) is 0 Å². The van der Waals surface area contributed by atoms with E-state index in [2.05, 4.69) is 0 Å². The fraction of sp³-hybridized carbons (Fsp3) is 0.455. The Hall–Kier alpha value is -1.27. The molecule has 0 aliphatic rings. The summed E-state index contributed by atoms with van der Waals surface area (Å²) in [7, 11) is -0.942. The van der Waals surface area contributed by atoms with Gasteiger partial charge in [-0.15, -0.1) is 0 Å². The summed E-state index contributed by atoms with van der Waals surface area (Å²) in [5.41, 5.74) is 6.49. The molecular formula is C11H17NO4S. The second kappa shape index (κ2) is 6.46. The summed E-state index contributed by atoms with van der Waals surface area (Å²) in [6.45, 7) is 2.37. The third-order valence-corrected chi connectivity index (χ3v) is 2.95. The van der Waals surface area contributed by atoms with Crippen LogP contribution in [-0.4, -0.2) is 27.9 Å². The molecule has 5 nitrogen and oxygen atoms in total. The predicted molar refractivity (Wildman–Crippen MR) is 66.3 cm³/mol. The van der Waals surface area contributed by atoms with Crippen molar-refractivity contribution in [3.8, 4) is 11.5 Å². The molecule has 17 heavy (non-hydrogen) atoms. The van der Waals surface area contributed by atoms with Gasteiger partial charge in [0.05, 0.1) is 19.5 Å². The minimum Gasteiger partial charge on any atom is -0.493 e. The van der Waals surface area contributed by atoms with Gasteiger partial charge >= 0.3 is 0 Å². The lowest BCUT2D eigenvalue weighted by Crippen LogP contribution is -2.16. The number of ether oxygens (including phenoxy) is 2. The molecule has 0 heterocycles. The molecule has 0 saturated heterocycles. The van der Waals surface area contributed by atoms with Gasteiger partial charge in [0.1, 0.15) is 10.7 Å². The standard InChI is InChI=1S/C11H17NO4S/c1-3-16-11-6-8(4-5-10(11)15-2)9(12)7-17(13)14/h4-6,9,17H,3,7,12H2,1-2H3/i7+1. The number of hydrogen-bond donors (Lipinski definition) is 2. The largest absolute Gasteiger partial charge is 0.493 e. The van der Waals surface area contributed by atoms with E-state index in [1.165, 1.54) is 0 Å². The zero-order chi connectivity index (χ0) is 12.8. The van der Waals surface area contributed by atoms with Gasteiger partial charge in [-0.2, -0.15) is 0 Å². The summed E-state index contributed by atoms with van der Waals surface area (Å²) >= 11 is 0. The van der Waals surface area contributed by atoms with Crippen molar-refractivity contribution in [3.63, 3.8) is 0 Å². The minimum absolute atomic E-state index is 0.0762. The molecule has 1 aromatic rings. The minimum atomic E-state index is -2.49. The summed E-state index contributed by atoms with van der Waals surface area (Å²) in [5, 5.41) is 0. The first-order valence-electron chi connectivity index (χ1n) is 5.26. The third kappa shape index (κ3) is 3.90. The van der Waals surface area contributed by atoms with Crippen molar-refractivity contribution in [2.45, 2.75) is 13.0 Å². The van der Waals surface area contributed by atoms with Crippen molar-refractivity contribution < 1.29 is 17.9 Å². The van der Waals surface area contributed by atoms with E-state index < -0.39 is 16.7 Å². The summed E-state index contributed by atoms with van der Waals surface area (Å²) < 4.78 is 31.8. The molecule has 6 heteroatoms. The van der Waals surface area contributed by atoms with Gasteiger partial charge < -0.3 is 15.2 Å². The summed E-state index contributed by atoms with van der Waals surface area (Å²) in [4.78, 5) is 0. The molecule has 0 aromatic heterocycles. The number of methoxy groups -OCH3 is 1. The van der Waals surface area contributed by atoms with Gasteiger partial charge in [-0.05, 0) is 24.6 Å². The maximum Gasteiger partial charge on any atom is 0.161 e. The van der Waals surface area contributed by atoms with Crippen molar-refractivity contribution in [2.75, 3.05) is 19.5 Å². The van der Waals surface area contributed by atoms with Crippen LogP contribution in [0.1, 0.15) is 18.5 Å². The quantitative estimate of drug-likeness (QED) is 0.581. The molecule has 0 fully saturated rings. The second-order valence-electron chi connectivity index (χ2n) is 3.47. The lowest BCUT2D eigenvalue weighted by atomic mass is 10.1. The molecule has 0 bridgehead atoms. The average molecular weight is 260 g/mol. The lowest BCUT2D eigenvalue weighted by Gasteiger charge is -2.13. The first kappa shape index (κ1) is 13.8. The summed E-state index contributed by atoms with van der Waals surface area (Å²) in [6, 6.07) is 4.63. The first-order valence-corrected chi connectivity index (χ1v) is 6.62. The van der Waals surface area contributed by atoms with Crippen LogP contribution in [0.5, 0.6) is 11.5 Å². The van der Waals surface area contributed by atoms with Crippen LogP contribution in [0.4, 0.5) is 0 Å². The molecule has 0 radical (unpaired) electrons. The average Bonchev–Trinajstić information content (AvgIpc) is 2.28. The van der Waals surface area contributed by atoms with Gasteiger partial charge in [-0.3, -0.25) is 0 Å². The van der Waals surface area contributed by atoms with E-state index in [1.54, 1.807) is 25.3 Å². The zero-order valence-electron chi connectivity index (χ0n) is 9.88. The number of nitrogens with two attached hydrogens (primary N) is 1. The van der Waals surface area contributed by atoms with Crippen LogP contribution < -0.4 is 15.2 Å². The summed E-state index contributed by atoms with van der Waals surface area (Å²) in [6.07, 6.45) is 0. The van der Waals surface area contributed by atoms with E-state index in [0.717, 1.165) is 0 Å². The third-order valence-electron chi connectivity index (χ3n) is 2.26.